The van der Waals surface area contributed by atoms with E-state index in [0.717, 1.165) is 31.0 Å². The molecule has 156 valence electrons. The van der Waals surface area contributed by atoms with Crippen molar-refractivity contribution >= 4 is 5.91 Å². The molecular weight excluding hydrogens is 379 g/mol. The van der Waals surface area contributed by atoms with Crippen molar-refractivity contribution in [3.8, 4) is 0 Å². The standard InChI is InChI=1S/C24H27FN4O/c1-27-12-11-26-23(27)18-28-13-15-29(16-14-28)24(30)17-21(19-7-3-2-4-8-19)20-9-5-6-10-22(20)25/h2-12,21H,13-18H2,1H3/t21-/m0/s1. The number of nitrogens with zero attached hydrogens (tertiary/aromatic N) is 4. The van der Waals surface area contributed by atoms with Crippen molar-refractivity contribution in [2.45, 2.75) is 18.9 Å². The van der Waals surface area contributed by atoms with Crippen LogP contribution in [0.1, 0.15) is 29.3 Å². The van der Waals surface area contributed by atoms with E-state index in [4.69, 9.17) is 0 Å². The van der Waals surface area contributed by atoms with Crippen LogP contribution in [0.25, 0.3) is 0 Å². The fraction of sp³-hybridized carbons (Fsp3) is 0.333. The molecule has 2 aromatic carbocycles. The summed E-state index contributed by atoms with van der Waals surface area (Å²) in [4.78, 5) is 21.7. The minimum Gasteiger partial charge on any atom is -0.340 e. The lowest BCUT2D eigenvalue weighted by Gasteiger charge is -2.35. The predicted molar refractivity (Wildman–Crippen MR) is 114 cm³/mol. The van der Waals surface area contributed by atoms with Crippen LogP contribution in [-0.4, -0.2) is 51.4 Å². The normalized spacial score (nSPS) is 15.9. The Kier molecular flexibility index (Phi) is 6.23. The second kappa shape index (κ2) is 9.22. The highest BCUT2D eigenvalue weighted by Crippen LogP contribution is 2.30. The van der Waals surface area contributed by atoms with Crippen molar-refractivity contribution in [3.05, 3.63) is 89.8 Å². The maximum Gasteiger partial charge on any atom is 0.223 e. The number of carbonyl (C=O) groups excluding carboxylic acids is 1. The van der Waals surface area contributed by atoms with Gasteiger partial charge in [-0.2, -0.15) is 0 Å². The van der Waals surface area contributed by atoms with Crippen LogP contribution in [0.4, 0.5) is 4.39 Å². The quantitative estimate of drug-likeness (QED) is 0.630. The van der Waals surface area contributed by atoms with Crippen molar-refractivity contribution in [3.63, 3.8) is 0 Å². The number of carbonyl (C=O) groups is 1. The zero-order valence-electron chi connectivity index (χ0n) is 17.2. The maximum absolute atomic E-state index is 14.5. The Balaban J connectivity index is 1.42. The molecule has 0 aliphatic carbocycles. The molecule has 1 aliphatic rings. The summed E-state index contributed by atoms with van der Waals surface area (Å²) in [6, 6.07) is 16.5. The van der Waals surface area contributed by atoms with Crippen molar-refractivity contribution in [2.24, 2.45) is 7.05 Å². The first kappa shape index (κ1) is 20.3. The molecule has 0 N–H and O–H groups in total. The predicted octanol–water partition coefficient (Wildman–Crippen LogP) is 3.43. The van der Waals surface area contributed by atoms with E-state index in [2.05, 4.69) is 9.88 Å². The highest BCUT2D eigenvalue weighted by molar-refractivity contribution is 5.78. The average molecular weight is 407 g/mol. The van der Waals surface area contributed by atoms with E-state index < -0.39 is 0 Å². The van der Waals surface area contributed by atoms with Gasteiger partial charge in [-0.25, -0.2) is 9.37 Å². The molecule has 0 unspecified atom stereocenters. The van der Waals surface area contributed by atoms with Gasteiger partial charge in [0, 0.05) is 58.0 Å². The van der Waals surface area contributed by atoms with Crippen LogP contribution >= 0.6 is 0 Å². The molecule has 2 heterocycles. The zero-order valence-corrected chi connectivity index (χ0v) is 17.2. The lowest BCUT2D eigenvalue weighted by Crippen LogP contribution is -2.48. The molecule has 0 bridgehead atoms. The van der Waals surface area contributed by atoms with E-state index in [1.165, 1.54) is 6.07 Å². The van der Waals surface area contributed by atoms with Crippen molar-refractivity contribution in [1.82, 2.24) is 19.4 Å². The number of aromatic nitrogens is 2. The van der Waals surface area contributed by atoms with Crippen LogP contribution in [0.3, 0.4) is 0 Å². The van der Waals surface area contributed by atoms with E-state index >= 15 is 0 Å². The SMILES string of the molecule is Cn1ccnc1CN1CCN(C(=O)C[C@@H](c2ccccc2)c2ccccc2F)CC1. The number of hydrogen-bond donors (Lipinski definition) is 0. The summed E-state index contributed by atoms with van der Waals surface area (Å²) in [6.07, 6.45) is 4.02. The topological polar surface area (TPSA) is 41.4 Å². The number of aryl methyl sites for hydroxylation is 1. The van der Waals surface area contributed by atoms with Gasteiger partial charge in [0.2, 0.25) is 5.91 Å². The molecule has 1 saturated heterocycles. The van der Waals surface area contributed by atoms with Crippen molar-refractivity contribution < 1.29 is 9.18 Å². The number of halogens is 1. The van der Waals surface area contributed by atoms with Gasteiger partial charge < -0.3 is 9.47 Å². The number of rotatable bonds is 6. The Morgan fingerprint density at radius 2 is 1.73 bits per heavy atom. The highest BCUT2D eigenvalue weighted by atomic mass is 19.1. The first-order valence-electron chi connectivity index (χ1n) is 10.4. The monoisotopic (exact) mass is 406 g/mol. The van der Waals surface area contributed by atoms with Gasteiger partial charge in [0.15, 0.2) is 0 Å². The van der Waals surface area contributed by atoms with Crippen LogP contribution in [-0.2, 0) is 18.4 Å². The second-order valence-electron chi connectivity index (χ2n) is 7.80. The number of amides is 1. The maximum atomic E-state index is 14.5. The summed E-state index contributed by atoms with van der Waals surface area (Å²) in [5, 5.41) is 0. The Morgan fingerprint density at radius 3 is 2.40 bits per heavy atom. The van der Waals surface area contributed by atoms with Crippen LogP contribution < -0.4 is 0 Å². The van der Waals surface area contributed by atoms with Crippen molar-refractivity contribution in [2.75, 3.05) is 26.2 Å². The van der Waals surface area contributed by atoms with Gasteiger partial charge >= 0.3 is 0 Å². The van der Waals surface area contributed by atoms with E-state index in [9.17, 15) is 9.18 Å². The van der Waals surface area contributed by atoms with Crippen molar-refractivity contribution in [1.29, 1.82) is 0 Å². The first-order valence-corrected chi connectivity index (χ1v) is 10.4. The van der Waals surface area contributed by atoms with Gasteiger partial charge in [-0.1, -0.05) is 48.5 Å². The third-order valence-electron chi connectivity index (χ3n) is 5.87. The summed E-state index contributed by atoms with van der Waals surface area (Å²) in [5.41, 5.74) is 1.54. The van der Waals surface area contributed by atoms with Crippen LogP contribution in [0, 0.1) is 5.82 Å². The molecule has 5 nitrogen and oxygen atoms in total. The minimum atomic E-state index is -0.287. The smallest absolute Gasteiger partial charge is 0.223 e. The summed E-state index contributed by atoms with van der Waals surface area (Å²) in [5.74, 6) is 0.548. The number of imidazole rings is 1. The Bertz CT molecular complexity index is 980. The Morgan fingerprint density at radius 1 is 1.03 bits per heavy atom. The molecule has 1 aliphatic heterocycles. The van der Waals surface area contributed by atoms with Crippen LogP contribution in [0.2, 0.25) is 0 Å². The lowest BCUT2D eigenvalue weighted by atomic mass is 9.87. The molecule has 0 spiro atoms. The second-order valence-corrected chi connectivity index (χ2v) is 7.80. The van der Waals surface area contributed by atoms with E-state index in [1.54, 1.807) is 12.1 Å². The van der Waals surface area contributed by atoms with Gasteiger partial charge in [0.1, 0.15) is 11.6 Å². The molecule has 0 radical (unpaired) electrons. The molecule has 1 fully saturated rings. The number of piperazine rings is 1. The van der Waals surface area contributed by atoms with Gasteiger partial charge in [0.25, 0.3) is 0 Å². The largest absolute Gasteiger partial charge is 0.340 e. The van der Waals surface area contributed by atoms with Crippen LogP contribution in [0.5, 0.6) is 0 Å². The van der Waals surface area contributed by atoms with Gasteiger partial charge in [-0.15, -0.1) is 0 Å². The summed E-state index contributed by atoms with van der Waals surface area (Å²) in [7, 11) is 1.99. The molecule has 1 amide bonds. The zero-order chi connectivity index (χ0) is 20.9. The number of hydrogen-bond acceptors (Lipinski definition) is 3. The fourth-order valence-corrected chi connectivity index (χ4v) is 4.06. The third-order valence-corrected chi connectivity index (χ3v) is 5.87. The van der Waals surface area contributed by atoms with Gasteiger partial charge in [0.05, 0.1) is 6.54 Å². The molecule has 6 heteroatoms. The molecular formula is C24H27FN4O. The fourth-order valence-electron chi connectivity index (χ4n) is 4.06. The van der Waals surface area contributed by atoms with Gasteiger partial charge in [-0.05, 0) is 17.2 Å². The average Bonchev–Trinajstić information content (AvgIpc) is 3.18. The lowest BCUT2D eigenvalue weighted by molar-refractivity contribution is -0.133. The van der Waals surface area contributed by atoms with Crippen LogP contribution in [0.15, 0.2) is 67.0 Å². The molecule has 3 aromatic rings. The van der Waals surface area contributed by atoms with Gasteiger partial charge in [-0.3, -0.25) is 9.69 Å². The summed E-state index contributed by atoms with van der Waals surface area (Å²) in [6.45, 7) is 3.78. The van der Waals surface area contributed by atoms with E-state index in [1.807, 2.05) is 65.3 Å². The third kappa shape index (κ3) is 4.60. The molecule has 1 atom stereocenters. The summed E-state index contributed by atoms with van der Waals surface area (Å²) < 4.78 is 16.6. The van der Waals surface area contributed by atoms with E-state index in [0.29, 0.717) is 18.7 Å². The molecule has 0 saturated carbocycles. The molecule has 30 heavy (non-hydrogen) atoms. The first-order chi connectivity index (χ1) is 14.6. The molecule has 1 aromatic heterocycles. The minimum absolute atomic E-state index is 0.0729. The summed E-state index contributed by atoms with van der Waals surface area (Å²) >= 11 is 0. The molecule has 4 rings (SSSR count). The highest BCUT2D eigenvalue weighted by Gasteiger charge is 2.26. The Hall–Kier alpha value is -2.99. The van der Waals surface area contributed by atoms with E-state index in [-0.39, 0.29) is 24.1 Å². The number of benzene rings is 2. The Labute approximate surface area is 176 Å².